The van der Waals surface area contributed by atoms with E-state index >= 15 is 0 Å². The van der Waals surface area contributed by atoms with Crippen molar-refractivity contribution in [3.8, 4) is 33.8 Å². The molecule has 2 aliphatic carbocycles. The summed E-state index contributed by atoms with van der Waals surface area (Å²) in [5.74, 6) is 3.44. The van der Waals surface area contributed by atoms with E-state index in [9.17, 15) is 9.59 Å². The number of nitrogens with two attached hydrogens (primary N) is 2. The molecule has 10 rings (SSSR count). The van der Waals surface area contributed by atoms with E-state index in [4.69, 9.17) is 32.5 Å². The maximum absolute atomic E-state index is 11.2. The molecule has 14 nitrogen and oxygen atoms in total. The van der Waals surface area contributed by atoms with Gasteiger partial charge in [-0.3, -0.25) is 9.59 Å². The zero-order chi connectivity index (χ0) is 46.4. The third kappa shape index (κ3) is 10.2. The van der Waals surface area contributed by atoms with Crippen molar-refractivity contribution in [2.45, 2.75) is 64.8 Å². The Balaban J connectivity index is 0.000000168. The Morgan fingerprint density at radius 1 is 0.627 bits per heavy atom. The van der Waals surface area contributed by atoms with Crippen LogP contribution in [0.25, 0.3) is 44.3 Å². The quantitative estimate of drug-likeness (QED) is 0.0818. The fraction of sp³-hybridized carbons (Fsp3) is 0.269. The van der Waals surface area contributed by atoms with Crippen LogP contribution in [0.4, 0.5) is 11.6 Å². The fourth-order valence-electron chi connectivity index (χ4n) is 9.00. The molecule has 0 spiro atoms. The van der Waals surface area contributed by atoms with Crippen molar-refractivity contribution >= 4 is 57.1 Å². The number of hydrogen-bond donors (Lipinski definition) is 4. The fourth-order valence-corrected chi connectivity index (χ4v) is 9.19. The summed E-state index contributed by atoms with van der Waals surface area (Å²) in [6, 6.07) is 34.4. The first-order valence-electron chi connectivity index (χ1n) is 22.5. The van der Waals surface area contributed by atoms with Crippen molar-refractivity contribution in [2.75, 3.05) is 24.6 Å². The van der Waals surface area contributed by atoms with Crippen molar-refractivity contribution in [1.82, 2.24) is 39.7 Å². The highest BCUT2D eigenvalue weighted by Gasteiger charge is 2.34. The molecule has 8 aromatic rings. The van der Waals surface area contributed by atoms with E-state index in [-0.39, 0.29) is 11.8 Å². The minimum Gasteiger partial charge on any atom is -0.489 e. The Hall–Kier alpha value is -7.45. The molecule has 4 heterocycles. The van der Waals surface area contributed by atoms with Gasteiger partial charge in [-0.1, -0.05) is 84.4 Å². The number of rotatable bonds is 14. The van der Waals surface area contributed by atoms with Crippen LogP contribution in [0.5, 0.6) is 11.5 Å². The van der Waals surface area contributed by atoms with Crippen molar-refractivity contribution < 1.29 is 19.1 Å². The first-order valence-corrected chi connectivity index (χ1v) is 22.9. The number of nitrogens with one attached hydrogen (secondary N) is 2. The molecule has 15 heteroatoms. The summed E-state index contributed by atoms with van der Waals surface area (Å²) in [6.07, 6.45) is 11.2. The van der Waals surface area contributed by atoms with Crippen molar-refractivity contribution in [2.24, 2.45) is 11.8 Å². The van der Waals surface area contributed by atoms with Crippen LogP contribution in [0.1, 0.15) is 62.7 Å². The van der Waals surface area contributed by atoms with E-state index in [2.05, 4.69) is 58.2 Å². The third-order valence-corrected chi connectivity index (χ3v) is 13.0. The lowest BCUT2D eigenvalue weighted by Crippen LogP contribution is -2.36. The van der Waals surface area contributed by atoms with Crippen molar-refractivity contribution in [1.29, 1.82) is 0 Å². The molecule has 0 aliphatic heterocycles. The molecule has 2 saturated carbocycles. The molecule has 2 fully saturated rings. The average molecular weight is 918 g/mol. The largest absolute Gasteiger partial charge is 0.489 e. The lowest BCUT2D eigenvalue weighted by molar-refractivity contribution is -0.120. The first kappa shape index (κ1) is 44.7. The van der Waals surface area contributed by atoms with Gasteiger partial charge in [0.25, 0.3) is 0 Å². The van der Waals surface area contributed by atoms with Gasteiger partial charge in [0, 0.05) is 73.1 Å². The van der Waals surface area contributed by atoms with E-state index in [1.165, 1.54) is 12.7 Å². The molecule has 6 N–H and O–H groups in total. The minimum atomic E-state index is 0.00861. The van der Waals surface area contributed by atoms with Crippen LogP contribution in [0.2, 0.25) is 5.02 Å². The minimum absolute atomic E-state index is 0.00861. The van der Waals surface area contributed by atoms with Crippen LogP contribution in [0.3, 0.4) is 0 Å². The third-order valence-electron chi connectivity index (χ3n) is 12.7. The van der Waals surface area contributed by atoms with Gasteiger partial charge in [0.1, 0.15) is 60.3 Å². The molecule has 342 valence electrons. The van der Waals surface area contributed by atoms with Gasteiger partial charge >= 0.3 is 0 Å². The van der Waals surface area contributed by atoms with Crippen molar-refractivity contribution in [3.63, 3.8) is 0 Å². The number of carbonyl (C=O) groups is 2. The SMILES string of the molecule is CC(=O)NCC1CC(n2cc(-c3cccc(OCc4ccccc4)c3)c3c(N)ncnc32)C1.CC(=O)NCC1CC(n2cc(-c3cccc(OCc4ccccc4Cl)c3)c3c(N)ncnc32)C1. The summed E-state index contributed by atoms with van der Waals surface area (Å²) in [4.78, 5) is 40.0. The molecule has 4 aromatic heterocycles. The van der Waals surface area contributed by atoms with Gasteiger partial charge in [-0.25, -0.2) is 19.9 Å². The molecular weight excluding hydrogens is 864 g/mol. The smallest absolute Gasteiger partial charge is 0.216 e. The maximum atomic E-state index is 11.2. The summed E-state index contributed by atoms with van der Waals surface area (Å²) in [6.45, 7) is 5.42. The molecule has 0 bridgehead atoms. The Labute approximate surface area is 393 Å². The van der Waals surface area contributed by atoms with Crippen LogP contribution in [0.15, 0.2) is 128 Å². The summed E-state index contributed by atoms with van der Waals surface area (Å²) in [5.41, 5.74) is 20.3. The van der Waals surface area contributed by atoms with Gasteiger partial charge in [-0.05, 0) is 84.5 Å². The second kappa shape index (κ2) is 20.0. The summed E-state index contributed by atoms with van der Waals surface area (Å²) < 4.78 is 16.5. The van der Waals surface area contributed by atoms with E-state index in [0.29, 0.717) is 60.3 Å². The lowest BCUT2D eigenvalue weighted by atomic mass is 9.80. The lowest BCUT2D eigenvalue weighted by Gasteiger charge is -2.36. The van der Waals surface area contributed by atoms with Crippen LogP contribution < -0.4 is 31.6 Å². The normalized spacial score (nSPS) is 17.4. The number of halogens is 1. The monoisotopic (exact) mass is 916 g/mol. The van der Waals surface area contributed by atoms with Gasteiger partial charge in [0.05, 0.1) is 10.8 Å². The number of ether oxygens (including phenoxy) is 2. The Morgan fingerprint density at radius 3 is 1.60 bits per heavy atom. The second-order valence-corrected chi connectivity index (χ2v) is 17.8. The highest BCUT2D eigenvalue weighted by atomic mass is 35.5. The van der Waals surface area contributed by atoms with Gasteiger partial charge in [-0.15, -0.1) is 0 Å². The van der Waals surface area contributed by atoms with Crippen LogP contribution in [-0.4, -0.2) is 54.0 Å². The van der Waals surface area contributed by atoms with Crippen LogP contribution >= 0.6 is 11.6 Å². The highest BCUT2D eigenvalue weighted by molar-refractivity contribution is 6.31. The van der Waals surface area contributed by atoms with E-state index in [0.717, 1.165) is 99.2 Å². The number of amides is 2. The Morgan fingerprint density at radius 2 is 1.10 bits per heavy atom. The number of fused-ring (bicyclic) bond motifs is 2. The van der Waals surface area contributed by atoms with Gasteiger partial charge in [-0.2, -0.15) is 0 Å². The second-order valence-electron chi connectivity index (χ2n) is 17.4. The topological polar surface area (TPSA) is 190 Å². The number of anilines is 2. The number of nitrogen functional groups attached to an aromatic ring is 2. The number of benzene rings is 4. The molecule has 0 saturated heterocycles. The Bertz CT molecular complexity index is 3030. The molecule has 4 aromatic carbocycles. The summed E-state index contributed by atoms with van der Waals surface area (Å²) >= 11 is 6.27. The molecule has 2 amide bonds. The Kier molecular flexibility index (Phi) is 13.3. The number of aromatic nitrogens is 6. The predicted molar refractivity (Wildman–Crippen MR) is 262 cm³/mol. The zero-order valence-corrected chi connectivity index (χ0v) is 38.2. The van der Waals surface area contributed by atoms with E-state index in [1.54, 1.807) is 13.8 Å². The van der Waals surface area contributed by atoms with Gasteiger partial charge < -0.3 is 40.7 Å². The maximum Gasteiger partial charge on any atom is 0.216 e. The molecule has 0 atom stereocenters. The summed E-state index contributed by atoms with van der Waals surface area (Å²) in [5, 5.41) is 8.23. The highest BCUT2D eigenvalue weighted by Crippen LogP contribution is 2.44. The van der Waals surface area contributed by atoms with Gasteiger partial charge in [0.2, 0.25) is 11.8 Å². The molecule has 67 heavy (non-hydrogen) atoms. The number of hydrogen-bond acceptors (Lipinski definition) is 10. The summed E-state index contributed by atoms with van der Waals surface area (Å²) in [7, 11) is 0. The molecular formula is C52H53ClN10O4. The first-order chi connectivity index (χ1) is 32.6. The number of nitrogens with zero attached hydrogens (tertiary/aromatic N) is 6. The molecule has 0 radical (unpaired) electrons. The van der Waals surface area contributed by atoms with Crippen LogP contribution in [0, 0.1) is 11.8 Å². The van der Waals surface area contributed by atoms with E-state index in [1.807, 2.05) is 97.1 Å². The molecule has 2 aliphatic rings. The van der Waals surface area contributed by atoms with Crippen LogP contribution in [-0.2, 0) is 22.8 Å². The van der Waals surface area contributed by atoms with Gasteiger partial charge in [0.15, 0.2) is 0 Å². The van der Waals surface area contributed by atoms with Crippen molar-refractivity contribution in [3.05, 3.63) is 144 Å². The zero-order valence-electron chi connectivity index (χ0n) is 37.4. The average Bonchev–Trinajstić information content (AvgIpc) is 3.89. The number of carbonyl (C=O) groups excluding carboxylic acids is 2. The predicted octanol–water partition coefficient (Wildman–Crippen LogP) is 9.35. The molecule has 0 unspecified atom stereocenters. The van der Waals surface area contributed by atoms with E-state index < -0.39 is 0 Å². The standard InChI is InChI=1S/C26H26ClN5O2.C26H27N5O2/c1-16(33)29-12-17-9-20(10-17)32-13-22(24-25(28)30-15-31-26(24)32)18-6-4-7-21(11-18)34-14-19-5-2-3-8-23(19)27;1-17(32)28-13-19-10-21(11-19)31-14-23(24-25(27)29-16-30-26(24)31)20-8-5-9-22(12-20)33-15-18-6-3-2-4-7-18/h2-8,11,13,15,17,20H,9-10,12,14H2,1H3,(H,29,33)(H2,28,30,31);2-9,12,14,16,19,21H,10-11,13,15H2,1H3,(H,28,32)(H2,27,29,30).